The van der Waals surface area contributed by atoms with Gasteiger partial charge in [0.2, 0.25) is 5.91 Å². The summed E-state index contributed by atoms with van der Waals surface area (Å²) in [5.74, 6) is 0.634. The van der Waals surface area contributed by atoms with Gasteiger partial charge in [-0.15, -0.1) is 0 Å². The minimum atomic E-state index is 0.168. The van der Waals surface area contributed by atoms with Crippen LogP contribution in [0.15, 0.2) is 24.7 Å². The highest BCUT2D eigenvalue weighted by Crippen LogP contribution is 2.22. The predicted octanol–water partition coefficient (Wildman–Crippen LogP) is 2.16. The normalized spacial score (nSPS) is 18.2. The number of carbonyl (C=O) groups excluding carboxylic acids is 1. The molecule has 0 aromatic carbocycles. The summed E-state index contributed by atoms with van der Waals surface area (Å²) in [6.07, 6.45) is 8.49. The number of likely N-dealkylation sites (tertiary alicyclic amines) is 1. The van der Waals surface area contributed by atoms with Gasteiger partial charge in [-0.2, -0.15) is 5.10 Å². The number of nitrogens with zero attached hydrogens (tertiary/aromatic N) is 5. The Balaban J connectivity index is 1.74. The van der Waals surface area contributed by atoms with Crippen molar-refractivity contribution in [3.8, 4) is 11.4 Å². The Bertz CT molecular complexity index is 681. The summed E-state index contributed by atoms with van der Waals surface area (Å²) in [6.45, 7) is 6.23. The summed E-state index contributed by atoms with van der Waals surface area (Å²) in [7, 11) is 0. The van der Waals surface area contributed by atoms with Crippen LogP contribution in [0.1, 0.15) is 32.4 Å². The Morgan fingerprint density at radius 1 is 1.39 bits per heavy atom. The lowest BCUT2D eigenvalue weighted by molar-refractivity contribution is -0.130. The zero-order chi connectivity index (χ0) is 16.2. The van der Waals surface area contributed by atoms with Gasteiger partial charge >= 0.3 is 0 Å². The molecule has 0 bridgehead atoms. The second-order valence-corrected chi connectivity index (χ2v) is 6.11. The number of aromatic nitrogens is 4. The van der Waals surface area contributed by atoms with Crippen LogP contribution in [0.4, 0.5) is 0 Å². The molecule has 3 rings (SSSR count). The van der Waals surface area contributed by atoms with E-state index < -0.39 is 0 Å². The number of rotatable bonds is 4. The molecule has 1 aliphatic heterocycles. The van der Waals surface area contributed by atoms with Crippen molar-refractivity contribution in [1.29, 1.82) is 0 Å². The summed E-state index contributed by atoms with van der Waals surface area (Å²) in [5, 5.41) is 4.29. The molecule has 3 heterocycles. The molecule has 2 aromatic rings. The van der Waals surface area contributed by atoms with E-state index in [4.69, 9.17) is 4.98 Å². The standard InChI is InChI=1S/C17H23N5O/c1-3-22-17(6-7-19-22)16-11-18-10-15(20-16)9-14-5-4-8-21(12-14)13(2)23/h6-7,10-11,14H,3-5,8-9,12H2,1-2H3/t14-/m0/s1. The van der Waals surface area contributed by atoms with Crippen molar-refractivity contribution in [2.24, 2.45) is 5.92 Å². The van der Waals surface area contributed by atoms with E-state index in [2.05, 4.69) is 17.0 Å². The summed E-state index contributed by atoms with van der Waals surface area (Å²) < 4.78 is 1.92. The van der Waals surface area contributed by atoms with Crippen molar-refractivity contribution in [3.63, 3.8) is 0 Å². The van der Waals surface area contributed by atoms with Crippen LogP contribution in [0.2, 0.25) is 0 Å². The SMILES string of the molecule is CCn1nccc1-c1cncc(C[C@@H]2CCCN(C(C)=O)C2)n1. The van der Waals surface area contributed by atoms with Crippen molar-refractivity contribution in [2.75, 3.05) is 13.1 Å². The molecule has 1 amide bonds. The first kappa shape index (κ1) is 15.6. The van der Waals surface area contributed by atoms with Crippen LogP contribution < -0.4 is 0 Å². The first-order chi connectivity index (χ1) is 11.2. The van der Waals surface area contributed by atoms with Crippen molar-refractivity contribution in [2.45, 2.75) is 39.7 Å². The second kappa shape index (κ2) is 6.89. The molecule has 2 aromatic heterocycles. The maximum atomic E-state index is 11.6. The van der Waals surface area contributed by atoms with Gasteiger partial charge < -0.3 is 4.90 Å². The number of piperidine rings is 1. The van der Waals surface area contributed by atoms with Gasteiger partial charge in [-0.1, -0.05) is 0 Å². The number of hydrogen-bond acceptors (Lipinski definition) is 4. The van der Waals surface area contributed by atoms with Crippen LogP contribution in [0.5, 0.6) is 0 Å². The first-order valence-corrected chi connectivity index (χ1v) is 8.26. The molecule has 122 valence electrons. The molecule has 0 unspecified atom stereocenters. The van der Waals surface area contributed by atoms with E-state index in [1.807, 2.05) is 21.8 Å². The van der Waals surface area contributed by atoms with Gasteiger partial charge in [-0.25, -0.2) is 4.98 Å². The van der Waals surface area contributed by atoms with Crippen molar-refractivity contribution in [1.82, 2.24) is 24.6 Å². The van der Waals surface area contributed by atoms with Crippen molar-refractivity contribution in [3.05, 3.63) is 30.4 Å². The lowest BCUT2D eigenvalue weighted by Crippen LogP contribution is -2.39. The molecule has 0 radical (unpaired) electrons. The molecule has 0 saturated carbocycles. The highest BCUT2D eigenvalue weighted by Gasteiger charge is 2.22. The van der Waals surface area contributed by atoms with E-state index in [0.29, 0.717) is 5.92 Å². The van der Waals surface area contributed by atoms with E-state index >= 15 is 0 Å². The zero-order valence-electron chi connectivity index (χ0n) is 13.8. The fourth-order valence-corrected chi connectivity index (χ4v) is 3.24. The van der Waals surface area contributed by atoms with E-state index in [1.165, 1.54) is 0 Å². The van der Waals surface area contributed by atoms with Gasteiger partial charge in [0, 0.05) is 39.0 Å². The van der Waals surface area contributed by atoms with Gasteiger partial charge in [-0.05, 0) is 38.2 Å². The first-order valence-electron chi connectivity index (χ1n) is 8.26. The van der Waals surface area contributed by atoms with Crippen molar-refractivity contribution >= 4 is 5.91 Å². The molecule has 1 atom stereocenters. The smallest absolute Gasteiger partial charge is 0.219 e. The van der Waals surface area contributed by atoms with E-state index in [1.54, 1.807) is 19.3 Å². The quantitative estimate of drug-likeness (QED) is 0.867. The Hall–Kier alpha value is -2.24. The fourth-order valence-electron chi connectivity index (χ4n) is 3.24. The Morgan fingerprint density at radius 3 is 3.04 bits per heavy atom. The molecule has 0 spiro atoms. The number of aryl methyl sites for hydroxylation is 1. The van der Waals surface area contributed by atoms with Gasteiger partial charge in [0.25, 0.3) is 0 Å². The van der Waals surface area contributed by atoms with Crippen molar-refractivity contribution < 1.29 is 4.79 Å². The zero-order valence-corrected chi connectivity index (χ0v) is 13.8. The molecular formula is C17H23N5O. The molecule has 1 fully saturated rings. The minimum absolute atomic E-state index is 0.168. The maximum Gasteiger partial charge on any atom is 0.219 e. The Kier molecular flexibility index (Phi) is 4.69. The van der Waals surface area contributed by atoms with Gasteiger partial charge in [0.1, 0.15) is 5.69 Å². The Morgan fingerprint density at radius 2 is 2.26 bits per heavy atom. The molecule has 6 heteroatoms. The van der Waals surface area contributed by atoms with Crippen LogP contribution >= 0.6 is 0 Å². The molecule has 6 nitrogen and oxygen atoms in total. The Labute approximate surface area is 136 Å². The molecular weight excluding hydrogens is 290 g/mol. The van der Waals surface area contributed by atoms with Gasteiger partial charge in [0.15, 0.2) is 0 Å². The number of carbonyl (C=O) groups is 1. The van der Waals surface area contributed by atoms with E-state index in [9.17, 15) is 4.79 Å². The van der Waals surface area contributed by atoms with Crippen LogP contribution in [0, 0.1) is 5.92 Å². The lowest BCUT2D eigenvalue weighted by Gasteiger charge is -2.31. The fraction of sp³-hybridized carbons (Fsp3) is 0.529. The monoisotopic (exact) mass is 313 g/mol. The maximum absolute atomic E-state index is 11.6. The van der Waals surface area contributed by atoms with Crippen LogP contribution in [-0.4, -0.2) is 43.6 Å². The second-order valence-electron chi connectivity index (χ2n) is 6.11. The largest absolute Gasteiger partial charge is 0.343 e. The lowest BCUT2D eigenvalue weighted by atomic mass is 9.93. The molecule has 1 saturated heterocycles. The van der Waals surface area contributed by atoms with Crippen LogP contribution in [0.3, 0.4) is 0 Å². The average Bonchev–Trinajstić information content (AvgIpc) is 3.04. The van der Waals surface area contributed by atoms with Gasteiger partial charge in [0.05, 0.1) is 17.6 Å². The van der Waals surface area contributed by atoms with Crippen LogP contribution in [-0.2, 0) is 17.8 Å². The minimum Gasteiger partial charge on any atom is -0.343 e. The highest BCUT2D eigenvalue weighted by atomic mass is 16.2. The van der Waals surface area contributed by atoms with E-state index in [0.717, 1.165) is 56.0 Å². The summed E-state index contributed by atoms with van der Waals surface area (Å²) in [4.78, 5) is 22.6. The third kappa shape index (κ3) is 3.57. The molecule has 1 aliphatic rings. The summed E-state index contributed by atoms with van der Waals surface area (Å²) in [6, 6.07) is 1.97. The summed E-state index contributed by atoms with van der Waals surface area (Å²) in [5.41, 5.74) is 2.85. The summed E-state index contributed by atoms with van der Waals surface area (Å²) >= 11 is 0. The third-order valence-electron chi connectivity index (χ3n) is 4.43. The van der Waals surface area contributed by atoms with E-state index in [-0.39, 0.29) is 5.91 Å². The average molecular weight is 313 g/mol. The number of hydrogen-bond donors (Lipinski definition) is 0. The highest BCUT2D eigenvalue weighted by molar-refractivity contribution is 5.73. The third-order valence-corrected chi connectivity index (χ3v) is 4.43. The molecule has 0 aliphatic carbocycles. The van der Waals surface area contributed by atoms with Crippen LogP contribution in [0.25, 0.3) is 11.4 Å². The van der Waals surface area contributed by atoms with Gasteiger partial charge in [-0.3, -0.25) is 14.5 Å². The molecule has 0 N–H and O–H groups in total. The molecule has 23 heavy (non-hydrogen) atoms. The number of amides is 1. The topological polar surface area (TPSA) is 63.9 Å². The predicted molar refractivity (Wildman–Crippen MR) is 87.6 cm³/mol.